The van der Waals surface area contributed by atoms with E-state index in [0.29, 0.717) is 12.8 Å². The van der Waals surface area contributed by atoms with Crippen LogP contribution in [0.2, 0.25) is 0 Å². The van der Waals surface area contributed by atoms with Gasteiger partial charge in [-0.05, 0) is 42.9 Å². The number of hydrogen-bond donors (Lipinski definition) is 2. The van der Waals surface area contributed by atoms with Crippen LogP contribution < -0.4 is 10.2 Å². The first-order valence-corrected chi connectivity index (χ1v) is 17.0. The number of ether oxygens (including phenoxy) is 2. The van der Waals surface area contributed by atoms with Crippen molar-refractivity contribution in [2.24, 2.45) is 17.8 Å². The van der Waals surface area contributed by atoms with Gasteiger partial charge in [-0.2, -0.15) is 0 Å². The number of para-hydroxylation sites is 1. The van der Waals surface area contributed by atoms with Crippen molar-refractivity contribution in [2.45, 2.75) is 76.8 Å². The SMILES string of the molecule is CC[C@H](C)[C@H](CO)N1C(=O)[C@@H]2[C@H]3C(=O)N[C@@H](c4ccccc4)COC(=O)CC/C=C\CN(c4c(C)cccc4C)C(=O)[C@@H]1[C@]21C=C[C@H]3O1. The van der Waals surface area contributed by atoms with Crippen molar-refractivity contribution in [3.05, 3.63) is 89.5 Å². The van der Waals surface area contributed by atoms with Crippen molar-refractivity contribution in [1.82, 2.24) is 10.2 Å². The number of cyclic esters (lactones) is 1. The molecule has 8 atom stereocenters. The van der Waals surface area contributed by atoms with E-state index in [1.165, 1.54) is 4.90 Å². The lowest BCUT2D eigenvalue weighted by Crippen LogP contribution is -2.60. The summed E-state index contributed by atoms with van der Waals surface area (Å²) >= 11 is 0. The average molecular weight is 656 g/mol. The molecule has 5 bridgehead atoms. The van der Waals surface area contributed by atoms with E-state index >= 15 is 4.79 Å². The monoisotopic (exact) mass is 655 g/mol. The van der Waals surface area contributed by atoms with Crippen LogP contribution in [0.5, 0.6) is 0 Å². The van der Waals surface area contributed by atoms with E-state index in [4.69, 9.17) is 9.47 Å². The van der Waals surface area contributed by atoms with Gasteiger partial charge in [0, 0.05) is 18.7 Å². The lowest BCUT2D eigenvalue weighted by atomic mass is 9.74. The Balaban J connectivity index is 1.49. The van der Waals surface area contributed by atoms with E-state index < -0.39 is 53.5 Å². The van der Waals surface area contributed by atoms with Crippen molar-refractivity contribution < 1.29 is 33.8 Å². The molecule has 0 aromatic heterocycles. The van der Waals surface area contributed by atoms with E-state index in [1.807, 2.05) is 88.4 Å². The highest BCUT2D eigenvalue weighted by Crippen LogP contribution is 2.56. The number of benzene rings is 2. The predicted octanol–water partition coefficient (Wildman–Crippen LogP) is 3.94. The number of nitrogens with zero attached hydrogens (tertiary/aromatic N) is 2. The fourth-order valence-electron chi connectivity index (χ4n) is 7.95. The first kappa shape index (κ1) is 33.6. The standard InChI is InChI=1S/C38H45N3O7/c1-5-23(2)28(21-42)41-34-37(46)40(33-24(3)13-12-14-25(33)4)20-11-7-10-17-30(43)47-22-27(26-15-8-6-9-16-26)39-35(44)31-29-18-19-38(34,48-29)32(31)36(41)45/h6-9,11-16,18-19,23,27-29,31-32,34,42H,5,10,17,20-22H2,1-4H3,(H,39,44)/b11-7-/t23-,27+,28-,29+,31-,32-,34+,38-/m0/s1. The summed E-state index contributed by atoms with van der Waals surface area (Å²) in [5, 5.41) is 13.8. The van der Waals surface area contributed by atoms with Crippen LogP contribution in [0.1, 0.15) is 55.8 Å². The van der Waals surface area contributed by atoms with Gasteiger partial charge in [0.1, 0.15) is 18.2 Å². The van der Waals surface area contributed by atoms with Gasteiger partial charge >= 0.3 is 5.97 Å². The molecule has 2 aromatic carbocycles. The highest BCUT2D eigenvalue weighted by atomic mass is 16.5. The zero-order valence-electron chi connectivity index (χ0n) is 28.0. The Labute approximate surface area is 281 Å². The number of allylic oxidation sites excluding steroid dienone is 1. The molecule has 2 saturated heterocycles. The van der Waals surface area contributed by atoms with E-state index in [0.717, 1.165) is 22.4 Å². The second-order valence-corrected chi connectivity index (χ2v) is 13.4. The fraction of sp³-hybridized carbons (Fsp3) is 0.474. The molecule has 4 heterocycles. The topological polar surface area (TPSA) is 125 Å². The number of anilines is 1. The number of nitrogens with one attached hydrogen (secondary N) is 1. The van der Waals surface area contributed by atoms with Gasteiger partial charge in [0.2, 0.25) is 11.8 Å². The minimum atomic E-state index is -1.41. The Hall–Kier alpha value is -4.28. The van der Waals surface area contributed by atoms with Crippen LogP contribution >= 0.6 is 0 Å². The Morgan fingerprint density at radius 2 is 1.73 bits per heavy atom. The summed E-state index contributed by atoms with van der Waals surface area (Å²) in [6, 6.07) is 12.6. The Morgan fingerprint density at radius 1 is 1.00 bits per heavy atom. The molecule has 10 nitrogen and oxygen atoms in total. The molecular formula is C38H45N3O7. The van der Waals surface area contributed by atoms with E-state index in [-0.39, 0.29) is 43.9 Å². The molecule has 0 unspecified atom stereocenters. The lowest BCUT2D eigenvalue weighted by Gasteiger charge is -2.41. The van der Waals surface area contributed by atoms with Crippen LogP contribution in [-0.2, 0) is 28.7 Å². The number of aliphatic hydroxyl groups is 1. The highest BCUT2D eigenvalue weighted by molar-refractivity contribution is 6.06. The summed E-state index contributed by atoms with van der Waals surface area (Å²) in [5.41, 5.74) is 1.82. The van der Waals surface area contributed by atoms with Crippen LogP contribution in [0.4, 0.5) is 5.69 Å². The number of fused-ring (bicyclic) bond motifs is 2. The molecule has 1 spiro atoms. The van der Waals surface area contributed by atoms with Crippen molar-refractivity contribution in [3.63, 3.8) is 0 Å². The summed E-state index contributed by atoms with van der Waals surface area (Å²) < 4.78 is 12.3. The first-order valence-electron chi connectivity index (χ1n) is 17.0. The molecule has 6 rings (SSSR count). The fourth-order valence-corrected chi connectivity index (χ4v) is 7.95. The maximum Gasteiger partial charge on any atom is 0.306 e. The van der Waals surface area contributed by atoms with Crippen LogP contribution in [-0.4, -0.2) is 77.2 Å². The molecule has 2 N–H and O–H groups in total. The largest absolute Gasteiger partial charge is 0.463 e. The van der Waals surface area contributed by atoms with Crippen molar-refractivity contribution in [3.8, 4) is 0 Å². The van der Waals surface area contributed by atoms with Gasteiger partial charge < -0.3 is 29.7 Å². The number of hydrogen-bond acceptors (Lipinski definition) is 7. The van der Waals surface area contributed by atoms with E-state index in [2.05, 4.69) is 5.32 Å². The van der Waals surface area contributed by atoms with Crippen LogP contribution in [0.3, 0.4) is 0 Å². The van der Waals surface area contributed by atoms with Crippen LogP contribution in [0, 0.1) is 31.6 Å². The smallest absolute Gasteiger partial charge is 0.306 e. The third-order valence-electron chi connectivity index (χ3n) is 10.6. The van der Waals surface area contributed by atoms with Crippen molar-refractivity contribution >= 4 is 29.4 Å². The van der Waals surface area contributed by atoms with Gasteiger partial charge in [-0.3, -0.25) is 19.2 Å². The number of carbonyl (C=O) groups is 4. The van der Waals surface area contributed by atoms with Crippen LogP contribution in [0.15, 0.2) is 72.8 Å². The predicted molar refractivity (Wildman–Crippen MR) is 180 cm³/mol. The van der Waals surface area contributed by atoms with Gasteiger partial charge in [-0.1, -0.05) is 93.1 Å². The summed E-state index contributed by atoms with van der Waals surface area (Å²) in [5.74, 6) is -3.65. The minimum absolute atomic E-state index is 0.0791. The molecule has 0 aliphatic carbocycles. The third kappa shape index (κ3) is 5.75. The van der Waals surface area contributed by atoms with Gasteiger partial charge in [0.25, 0.3) is 5.91 Å². The molecule has 2 fully saturated rings. The number of carbonyl (C=O) groups excluding carboxylic acids is 4. The summed E-state index contributed by atoms with van der Waals surface area (Å²) in [6.07, 6.45) is 7.74. The number of likely N-dealkylation sites (tertiary alicyclic amines) is 1. The maximum atomic E-state index is 15.2. The van der Waals surface area contributed by atoms with E-state index in [9.17, 15) is 19.5 Å². The van der Waals surface area contributed by atoms with E-state index in [1.54, 1.807) is 17.1 Å². The molecule has 48 heavy (non-hydrogen) atoms. The number of amides is 3. The summed E-state index contributed by atoms with van der Waals surface area (Å²) in [6.45, 7) is 7.57. The molecule has 10 heteroatoms. The Kier molecular flexibility index (Phi) is 9.58. The second-order valence-electron chi connectivity index (χ2n) is 13.4. The third-order valence-corrected chi connectivity index (χ3v) is 10.6. The quantitative estimate of drug-likeness (QED) is 0.357. The number of aryl methyl sites for hydroxylation is 2. The molecule has 4 aliphatic heterocycles. The van der Waals surface area contributed by atoms with Gasteiger partial charge in [-0.25, -0.2) is 0 Å². The number of esters is 1. The minimum Gasteiger partial charge on any atom is -0.463 e. The zero-order chi connectivity index (χ0) is 34.2. The second kappa shape index (κ2) is 13.7. The molecular weight excluding hydrogens is 610 g/mol. The first-order chi connectivity index (χ1) is 23.1. The molecule has 3 amide bonds. The lowest BCUT2D eigenvalue weighted by molar-refractivity contribution is -0.147. The highest BCUT2D eigenvalue weighted by Gasteiger charge is 2.74. The normalized spacial score (nSPS) is 31.0. The van der Waals surface area contributed by atoms with Crippen molar-refractivity contribution in [1.29, 1.82) is 0 Å². The molecule has 0 saturated carbocycles. The van der Waals surface area contributed by atoms with Crippen molar-refractivity contribution in [2.75, 3.05) is 24.7 Å². The average Bonchev–Trinajstić information content (AvgIpc) is 3.73. The number of rotatable bonds is 6. The van der Waals surface area contributed by atoms with Gasteiger partial charge in [0.05, 0.1) is 36.6 Å². The van der Waals surface area contributed by atoms with Gasteiger partial charge in [0.15, 0.2) is 0 Å². The van der Waals surface area contributed by atoms with Gasteiger partial charge in [-0.15, -0.1) is 0 Å². The molecule has 0 radical (unpaired) electrons. The zero-order valence-corrected chi connectivity index (χ0v) is 28.0. The Bertz CT molecular complexity index is 1600. The number of aliphatic hydroxyl groups excluding tert-OH is 1. The Morgan fingerprint density at radius 3 is 2.42 bits per heavy atom. The molecule has 254 valence electrons. The maximum absolute atomic E-state index is 15.2. The summed E-state index contributed by atoms with van der Waals surface area (Å²) in [7, 11) is 0. The molecule has 4 aliphatic rings. The summed E-state index contributed by atoms with van der Waals surface area (Å²) in [4.78, 5) is 60.3. The molecule has 2 aromatic rings. The van der Waals surface area contributed by atoms with Crippen LogP contribution in [0.25, 0.3) is 0 Å².